The van der Waals surface area contributed by atoms with Crippen molar-refractivity contribution in [2.24, 2.45) is 12.0 Å². The van der Waals surface area contributed by atoms with Crippen LogP contribution in [0, 0.1) is 6.92 Å². The quantitative estimate of drug-likeness (QED) is 0.647. The van der Waals surface area contributed by atoms with Gasteiger partial charge in [0.05, 0.1) is 0 Å². The number of nitrogens with zero attached hydrogens (tertiary/aromatic N) is 4. The first-order valence-electron chi connectivity index (χ1n) is 9.18. The average molecular weight is 338 g/mol. The number of hydrogen-bond donors (Lipinski definition) is 2. The molecule has 0 spiro atoms. The normalized spacial score (nSPS) is 19.8. The van der Waals surface area contributed by atoms with E-state index >= 15 is 0 Å². The van der Waals surface area contributed by atoms with Gasteiger partial charge in [-0.05, 0) is 43.7 Å². The summed E-state index contributed by atoms with van der Waals surface area (Å²) in [7, 11) is 1.98. The van der Waals surface area contributed by atoms with Crippen LogP contribution in [0.15, 0.2) is 29.3 Å². The zero-order chi connectivity index (χ0) is 17.2. The fourth-order valence-electron chi connectivity index (χ4n) is 3.39. The molecule has 1 fully saturated rings. The second-order valence-corrected chi connectivity index (χ2v) is 7.12. The molecular formula is C19H26N6. The van der Waals surface area contributed by atoms with E-state index in [9.17, 15) is 0 Å². The van der Waals surface area contributed by atoms with E-state index in [4.69, 9.17) is 4.99 Å². The Labute approximate surface area is 148 Å². The Hall–Kier alpha value is -2.37. The first kappa shape index (κ1) is 16.1. The molecule has 2 aromatic rings. The van der Waals surface area contributed by atoms with Crippen LogP contribution in [0.4, 0.5) is 0 Å². The molecular weight excluding hydrogens is 312 g/mol. The lowest BCUT2D eigenvalue weighted by molar-refractivity contribution is 0.638. The average Bonchev–Trinajstić information content (AvgIpc) is 3.27. The smallest absolute Gasteiger partial charge is 0.191 e. The van der Waals surface area contributed by atoms with E-state index in [1.807, 2.05) is 18.5 Å². The fraction of sp³-hybridized carbons (Fsp3) is 0.526. The second kappa shape index (κ2) is 6.86. The first-order chi connectivity index (χ1) is 12.2. The van der Waals surface area contributed by atoms with Crippen molar-refractivity contribution in [1.29, 1.82) is 0 Å². The van der Waals surface area contributed by atoms with E-state index in [0.29, 0.717) is 18.5 Å². The van der Waals surface area contributed by atoms with Crippen molar-refractivity contribution in [2.45, 2.75) is 51.1 Å². The predicted octanol–water partition coefficient (Wildman–Crippen LogP) is 2.05. The standard InChI is InChI=1S/C19H26N6/c1-13-23-24-18(25(13)2)12-21-19(22-16-9-10-16)20-11-15-8-7-14-5-3-4-6-17(14)15/h3-6,15-16H,7-12H2,1-2H3,(H2,20,21,22). The Bertz CT molecular complexity index is 774. The van der Waals surface area contributed by atoms with Gasteiger partial charge in [0.1, 0.15) is 12.4 Å². The van der Waals surface area contributed by atoms with Crippen LogP contribution in [0.25, 0.3) is 0 Å². The molecule has 0 aliphatic heterocycles. The minimum Gasteiger partial charge on any atom is -0.356 e. The number of aromatic nitrogens is 3. The lowest BCUT2D eigenvalue weighted by Crippen LogP contribution is -2.40. The van der Waals surface area contributed by atoms with Gasteiger partial charge >= 0.3 is 0 Å². The second-order valence-electron chi connectivity index (χ2n) is 7.12. The van der Waals surface area contributed by atoms with Crippen molar-refractivity contribution in [3.05, 3.63) is 47.0 Å². The summed E-state index contributed by atoms with van der Waals surface area (Å²) in [5.41, 5.74) is 2.99. The molecule has 6 nitrogen and oxygen atoms in total. The summed E-state index contributed by atoms with van der Waals surface area (Å²) in [5.74, 6) is 3.27. The molecule has 132 valence electrons. The number of nitrogens with one attached hydrogen (secondary N) is 2. The number of rotatable bonds is 5. The summed E-state index contributed by atoms with van der Waals surface area (Å²) in [4.78, 5) is 4.74. The number of guanidine groups is 1. The molecule has 1 saturated carbocycles. The molecule has 0 radical (unpaired) electrons. The van der Waals surface area contributed by atoms with Crippen LogP contribution < -0.4 is 10.6 Å². The Morgan fingerprint density at radius 1 is 1.24 bits per heavy atom. The van der Waals surface area contributed by atoms with Crippen molar-refractivity contribution in [1.82, 2.24) is 25.4 Å². The highest BCUT2D eigenvalue weighted by Gasteiger charge is 2.25. The van der Waals surface area contributed by atoms with Gasteiger partial charge in [0, 0.05) is 25.6 Å². The third-order valence-corrected chi connectivity index (χ3v) is 5.25. The number of aliphatic imine (C=N–C) groups is 1. The van der Waals surface area contributed by atoms with Gasteiger partial charge in [0.25, 0.3) is 0 Å². The van der Waals surface area contributed by atoms with Crippen LogP contribution in [-0.4, -0.2) is 33.3 Å². The Morgan fingerprint density at radius 3 is 2.84 bits per heavy atom. The van der Waals surface area contributed by atoms with Crippen LogP contribution in [-0.2, 0) is 20.0 Å². The molecule has 0 saturated heterocycles. The molecule has 4 rings (SSSR count). The van der Waals surface area contributed by atoms with Gasteiger partial charge < -0.3 is 15.2 Å². The van der Waals surface area contributed by atoms with Crippen LogP contribution in [0.3, 0.4) is 0 Å². The highest BCUT2D eigenvalue weighted by molar-refractivity contribution is 5.80. The molecule has 25 heavy (non-hydrogen) atoms. The molecule has 0 amide bonds. The molecule has 0 bridgehead atoms. The van der Waals surface area contributed by atoms with Crippen LogP contribution >= 0.6 is 0 Å². The van der Waals surface area contributed by atoms with Gasteiger partial charge in [0.15, 0.2) is 11.8 Å². The highest BCUT2D eigenvalue weighted by Crippen LogP contribution is 2.32. The Kier molecular flexibility index (Phi) is 4.42. The minimum atomic E-state index is 0.542. The van der Waals surface area contributed by atoms with Crippen molar-refractivity contribution < 1.29 is 0 Å². The Morgan fingerprint density at radius 2 is 2.08 bits per heavy atom. The maximum atomic E-state index is 4.74. The summed E-state index contributed by atoms with van der Waals surface area (Å²) in [6, 6.07) is 9.37. The van der Waals surface area contributed by atoms with Gasteiger partial charge in [-0.3, -0.25) is 0 Å². The summed E-state index contributed by atoms with van der Waals surface area (Å²) in [5, 5.41) is 15.4. The molecule has 2 aliphatic carbocycles. The van der Waals surface area contributed by atoms with E-state index in [1.54, 1.807) is 0 Å². The molecule has 6 heteroatoms. The van der Waals surface area contributed by atoms with Gasteiger partial charge in [-0.2, -0.15) is 0 Å². The van der Waals surface area contributed by atoms with Crippen molar-refractivity contribution in [3.63, 3.8) is 0 Å². The Balaban J connectivity index is 1.41. The predicted molar refractivity (Wildman–Crippen MR) is 98.5 cm³/mol. The van der Waals surface area contributed by atoms with E-state index < -0.39 is 0 Å². The lowest BCUT2D eigenvalue weighted by Gasteiger charge is -2.16. The SMILES string of the molecule is Cc1nnc(CN=C(NCC2CCc3ccccc32)NC2CC2)n1C. The lowest BCUT2D eigenvalue weighted by atomic mass is 10.0. The molecule has 1 aromatic heterocycles. The molecule has 1 atom stereocenters. The topological polar surface area (TPSA) is 67.1 Å². The van der Waals surface area contributed by atoms with Gasteiger partial charge in [-0.1, -0.05) is 24.3 Å². The monoisotopic (exact) mass is 338 g/mol. The maximum Gasteiger partial charge on any atom is 0.191 e. The third-order valence-electron chi connectivity index (χ3n) is 5.25. The molecule has 2 N–H and O–H groups in total. The minimum absolute atomic E-state index is 0.542. The zero-order valence-electron chi connectivity index (χ0n) is 15.0. The molecule has 1 unspecified atom stereocenters. The van der Waals surface area contributed by atoms with E-state index in [-0.39, 0.29) is 0 Å². The summed E-state index contributed by atoms with van der Waals surface area (Å²) >= 11 is 0. The van der Waals surface area contributed by atoms with E-state index in [0.717, 1.165) is 24.2 Å². The van der Waals surface area contributed by atoms with Crippen molar-refractivity contribution in [2.75, 3.05) is 6.54 Å². The molecule has 2 aliphatic rings. The zero-order valence-corrected chi connectivity index (χ0v) is 15.0. The van der Waals surface area contributed by atoms with Crippen LogP contribution in [0.1, 0.15) is 48.0 Å². The van der Waals surface area contributed by atoms with Crippen molar-refractivity contribution >= 4 is 5.96 Å². The molecule has 1 heterocycles. The number of aryl methyl sites for hydroxylation is 2. The number of benzene rings is 1. The highest BCUT2D eigenvalue weighted by atomic mass is 15.3. The summed E-state index contributed by atoms with van der Waals surface area (Å²) in [6.45, 7) is 3.42. The largest absolute Gasteiger partial charge is 0.356 e. The van der Waals surface area contributed by atoms with Gasteiger partial charge in [-0.15, -0.1) is 10.2 Å². The first-order valence-corrected chi connectivity index (χ1v) is 9.18. The third kappa shape index (κ3) is 3.67. The van der Waals surface area contributed by atoms with Gasteiger partial charge in [0.2, 0.25) is 0 Å². The summed E-state index contributed by atoms with van der Waals surface area (Å²) < 4.78 is 1.99. The van der Waals surface area contributed by atoms with Crippen LogP contribution in [0.5, 0.6) is 0 Å². The van der Waals surface area contributed by atoms with Gasteiger partial charge in [-0.25, -0.2) is 4.99 Å². The molecule has 1 aromatic carbocycles. The summed E-state index contributed by atoms with van der Waals surface area (Å²) in [6.07, 6.45) is 4.86. The van der Waals surface area contributed by atoms with E-state index in [1.165, 1.54) is 36.8 Å². The van der Waals surface area contributed by atoms with E-state index in [2.05, 4.69) is 45.1 Å². The number of fused-ring (bicyclic) bond motifs is 1. The fourth-order valence-corrected chi connectivity index (χ4v) is 3.39. The van der Waals surface area contributed by atoms with Crippen LogP contribution in [0.2, 0.25) is 0 Å². The van der Waals surface area contributed by atoms with Crippen molar-refractivity contribution in [3.8, 4) is 0 Å². The number of hydrogen-bond acceptors (Lipinski definition) is 3. The maximum absolute atomic E-state index is 4.74.